The van der Waals surface area contributed by atoms with Crippen LogP contribution in [0, 0.1) is 0 Å². The second-order valence-corrected chi connectivity index (χ2v) is 7.97. The van der Waals surface area contributed by atoms with E-state index in [2.05, 4.69) is 5.32 Å². The third-order valence-corrected chi connectivity index (χ3v) is 5.71. The molecule has 2 rings (SSSR count). The van der Waals surface area contributed by atoms with E-state index in [1.54, 1.807) is 31.2 Å². The number of benzene rings is 2. The van der Waals surface area contributed by atoms with Crippen LogP contribution in [0.15, 0.2) is 48.5 Å². The van der Waals surface area contributed by atoms with Crippen molar-refractivity contribution in [2.45, 2.75) is 20.4 Å². The first kappa shape index (κ1) is 19.8. The summed E-state index contributed by atoms with van der Waals surface area (Å²) in [5.74, 6) is 0.565. The average Bonchev–Trinajstić information content (AvgIpc) is 2.66. The molecule has 1 N–H and O–H groups in total. The van der Waals surface area contributed by atoms with Gasteiger partial charge in [0.25, 0.3) is 5.91 Å². The largest absolute Gasteiger partial charge is 0.494 e. The van der Waals surface area contributed by atoms with Gasteiger partial charge < -0.3 is 10.1 Å². The van der Waals surface area contributed by atoms with E-state index < -0.39 is 10.0 Å². The van der Waals surface area contributed by atoms with E-state index in [1.807, 2.05) is 31.2 Å². The molecule has 0 heterocycles. The number of ether oxygens (including phenoxy) is 1. The Labute approximate surface area is 154 Å². The van der Waals surface area contributed by atoms with E-state index in [4.69, 9.17) is 4.74 Å². The molecule has 6 nitrogen and oxygen atoms in total. The predicted molar refractivity (Wildman–Crippen MR) is 103 cm³/mol. The topological polar surface area (TPSA) is 75.7 Å². The van der Waals surface area contributed by atoms with Gasteiger partial charge in [-0.25, -0.2) is 8.42 Å². The van der Waals surface area contributed by atoms with Crippen molar-refractivity contribution in [3.63, 3.8) is 0 Å². The lowest BCUT2D eigenvalue weighted by Crippen LogP contribution is -2.28. The van der Waals surface area contributed by atoms with E-state index in [-0.39, 0.29) is 11.7 Å². The smallest absolute Gasteiger partial charge is 0.251 e. The quantitative estimate of drug-likeness (QED) is 0.769. The van der Waals surface area contributed by atoms with Gasteiger partial charge in [0, 0.05) is 19.2 Å². The third-order valence-electron chi connectivity index (χ3n) is 3.94. The summed E-state index contributed by atoms with van der Waals surface area (Å²) in [5.41, 5.74) is 1.93. The fourth-order valence-electron chi connectivity index (χ4n) is 2.37. The van der Waals surface area contributed by atoms with Gasteiger partial charge in [-0.15, -0.1) is 0 Å². The molecule has 0 fully saturated rings. The van der Waals surface area contributed by atoms with Gasteiger partial charge >= 0.3 is 0 Å². The van der Waals surface area contributed by atoms with Crippen LogP contribution >= 0.6 is 0 Å². The van der Waals surface area contributed by atoms with Crippen molar-refractivity contribution >= 4 is 21.6 Å². The SMILES string of the molecule is CCOc1cccc(CNC(=O)c2ccc(N(C)S(=O)(=O)CC)cc2)c1. The lowest BCUT2D eigenvalue weighted by atomic mass is 10.1. The first-order valence-corrected chi connectivity index (χ1v) is 10.0. The van der Waals surface area contributed by atoms with Crippen LogP contribution in [-0.4, -0.2) is 33.7 Å². The van der Waals surface area contributed by atoms with Gasteiger partial charge in [-0.1, -0.05) is 12.1 Å². The van der Waals surface area contributed by atoms with E-state index in [0.29, 0.717) is 24.4 Å². The van der Waals surface area contributed by atoms with Crippen LogP contribution in [0.3, 0.4) is 0 Å². The summed E-state index contributed by atoms with van der Waals surface area (Å²) in [5, 5.41) is 2.85. The maximum absolute atomic E-state index is 12.3. The van der Waals surface area contributed by atoms with Crippen LogP contribution in [-0.2, 0) is 16.6 Å². The molecule has 7 heteroatoms. The highest BCUT2D eigenvalue weighted by atomic mass is 32.2. The second-order valence-electron chi connectivity index (χ2n) is 5.68. The monoisotopic (exact) mass is 376 g/mol. The molecule has 0 saturated carbocycles. The van der Waals surface area contributed by atoms with Crippen molar-refractivity contribution in [2.24, 2.45) is 0 Å². The minimum Gasteiger partial charge on any atom is -0.494 e. The summed E-state index contributed by atoms with van der Waals surface area (Å²) in [6.07, 6.45) is 0. The Morgan fingerprint density at radius 3 is 2.42 bits per heavy atom. The Hall–Kier alpha value is -2.54. The fourth-order valence-corrected chi connectivity index (χ4v) is 3.20. The maximum Gasteiger partial charge on any atom is 0.251 e. The van der Waals surface area contributed by atoms with E-state index in [0.717, 1.165) is 11.3 Å². The molecule has 0 radical (unpaired) electrons. The summed E-state index contributed by atoms with van der Waals surface area (Å²) in [4.78, 5) is 12.3. The molecule has 2 aromatic carbocycles. The van der Waals surface area contributed by atoms with Crippen LogP contribution in [0.2, 0.25) is 0 Å². The molecule has 0 spiro atoms. The number of hydrogen-bond donors (Lipinski definition) is 1. The molecule has 0 aromatic heterocycles. The third kappa shape index (κ3) is 4.98. The Morgan fingerprint density at radius 2 is 1.81 bits per heavy atom. The summed E-state index contributed by atoms with van der Waals surface area (Å²) >= 11 is 0. The number of anilines is 1. The number of carbonyl (C=O) groups is 1. The van der Waals surface area contributed by atoms with Crippen LogP contribution in [0.25, 0.3) is 0 Å². The maximum atomic E-state index is 12.3. The normalized spacial score (nSPS) is 11.0. The van der Waals surface area contributed by atoms with Gasteiger partial charge in [0.15, 0.2) is 0 Å². The zero-order valence-corrected chi connectivity index (χ0v) is 16.0. The lowest BCUT2D eigenvalue weighted by Gasteiger charge is -2.18. The van der Waals surface area contributed by atoms with Gasteiger partial charge in [0.2, 0.25) is 10.0 Å². The predicted octanol–water partition coefficient (Wildman–Crippen LogP) is 2.80. The van der Waals surface area contributed by atoms with E-state index >= 15 is 0 Å². The van der Waals surface area contributed by atoms with Crippen molar-refractivity contribution in [3.05, 3.63) is 59.7 Å². The highest BCUT2D eigenvalue weighted by Gasteiger charge is 2.16. The molecular formula is C19H24N2O4S. The minimum absolute atomic E-state index is 0.0204. The van der Waals surface area contributed by atoms with Gasteiger partial charge in [0.1, 0.15) is 5.75 Å². The van der Waals surface area contributed by atoms with E-state index in [9.17, 15) is 13.2 Å². The molecule has 0 aliphatic heterocycles. The zero-order chi connectivity index (χ0) is 19.2. The molecule has 2 aromatic rings. The standard InChI is InChI=1S/C19H24N2O4S/c1-4-25-18-8-6-7-15(13-18)14-20-19(22)16-9-11-17(12-10-16)21(3)26(23,24)5-2/h6-13H,4-5,14H2,1-3H3,(H,20,22). The van der Waals surface area contributed by atoms with Gasteiger partial charge in [-0.2, -0.15) is 0 Å². The number of rotatable bonds is 8. The summed E-state index contributed by atoms with van der Waals surface area (Å²) < 4.78 is 30.4. The molecule has 140 valence electrons. The van der Waals surface area contributed by atoms with Gasteiger partial charge in [0.05, 0.1) is 18.0 Å². The summed E-state index contributed by atoms with van der Waals surface area (Å²) in [6, 6.07) is 14.0. The Balaban J connectivity index is 2.01. The fraction of sp³-hybridized carbons (Fsp3) is 0.316. The highest BCUT2D eigenvalue weighted by Crippen LogP contribution is 2.18. The van der Waals surface area contributed by atoms with Crippen LogP contribution in [0.1, 0.15) is 29.8 Å². The minimum atomic E-state index is -3.32. The number of nitrogens with zero attached hydrogens (tertiary/aromatic N) is 1. The average molecular weight is 376 g/mol. The molecule has 0 saturated heterocycles. The van der Waals surface area contributed by atoms with Crippen molar-refractivity contribution < 1.29 is 17.9 Å². The number of hydrogen-bond acceptors (Lipinski definition) is 4. The van der Waals surface area contributed by atoms with Crippen molar-refractivity contribution in [1.29, 1.82) is 0 Å². The molecular weight excluding hydrogens is 352 g/mol. The van der Waals surface area contributed by atoms with Crippen LogP contribution in [0.4, 0.5) is 5.69 Å². The Kier molecular flexibility index (Phi) is 6.63. The van der Waals surface area contributed by atoms with Crippen LogP contribution < -0.4 is 14.4 Å². The highest BCUT2D eigenvalue weighted by molar-refractivity contribution is 7.92. The van der Waals surface area contributed by atoms with Crippen molar-refractivity contribution in [2.75, 3.05) is 23.7 Å². The molecule has 0 aliphatic carbocycles. The number of sulfonamides is 1. The summed E-state index contributed by atoms with van der Waals surface area (Å²) in [6.45, 7) is 4.48. The Morgan fingerprint density at radius 1 is 1.12 bits per heavy atom. The summed E-state index contributed by atoms with van der Waals surface area (Å²) in [7, 11) is -1.82. The molecule has 26 heavy (non-hydrogen) atoms. The van der Waals surface area contributed by atoms with Crippen molar-refractivity contribution in [3.8, 4) is 5.75 Å². The number of amides is 1. The van der Waals surface area contributed by atoms with Crippen LogP contribution in [0.5, 0.6) is 5.75 Å². The number of nitrogens with one attached hydrogen (secondary N) is 1. The molecule has 0 unspecified atom stereocenters. The second kappa shape index (κ2) is 8.71. The van der Waals surface area contributed by atoms with Crippen molar-refractivity contribution in [1.82, 2.24) is 5.32 Å². The zero-order valence-electron chi connectivity index (χ0n) is 15.2. The first-order chi connectivity index (χ1) is 12.4. The first-order valence-electron chi connectivity index (χ1n) is 8.44. The number of carbonyl (C=O) groups excluding carboxylic acids is 1. The molecule has 1 amide bonds. The lowest BCUT2D eigenvalue weighted by molar-refractivity contribution is 0.0951. The van der Waals surface area contributed by atoms with Gasteiger partial charge in [-0.05, 0) is 55.8 Å². The Bertz CT molecular complexity index is 848. The molecule has 0 aliphatic rings. The van der Waals surface area contributed by atoms with E-state index in [1.165, 1.54) is 11.4 Å². The molecule has 0 bridgehead atoms. The molecule has 0 atom stereocenters. The van der Waals surface area contributed by atoms with Gasteiger partial charge in [-0.3, -0.25) is 9.10 Å².